The summed E-state index contributed by atoms with van der Waals surface area (Å²) in [7, 11) is -0.412. The molecule has 0 amide bonds. The molecule has 0 radical (unpaired) electrons. The lowest BCUT2D eigenvalue weighted by molar-refractivity contribution is 0.412. The molecule has 1 heterocycles. The van der Waals surface area contributed by atoms with E-state index in [1.54, 1.807) is 37.6 Å². The molecule has 2 aromatic rings. The Morgan fingerprint density at radius 1 is 1.19 bits per heavy atom. The molecule has 0 unspecified atom stereocenters. The van der Waals surface area contributed by atoms with Gasteiger partial charge in [0.1, 0.15) is 5.75 Å². The van der Waals surface area contributed by atoms with E-state index in [9.17, 15) is 8.42 Å². The number of hydrogen-bond acceptors (Lipinski definition) is 4. The lowest BCUT2D eigenvalue weighted by Gasteiger charge is -2.17. The third-order valence-corrected chi connectivity index (χ3v) is 5.07. The summed E-state index contributed by atoms with van der Waals surface area (Å²) >= 11 is 0. The number of sulfonamides is 1. The molecule has 0 bridgehead atoms. The molecule has 0 aliphatic rings. The average Bonchev–Trinajstić information content (AvgIpc) is 2.53. The van der Waals surface area contributed by atoms with E-state index >= 15 is 0 Å². The predicted molar refractivity (Wildman–Crippen MR) is 80.8 cm³/mol. The van der Waals surface area contributed by atoms with Crippen molar-refractivity contribution in [3.63, 3.8) is 0 Å². The number of methoxy groups -OCH3 is 1. The molecule has 0 fully saturated rings. The van der Waals surface area contributed by atoms with E-state index in [0.29, 0.717) is 18.7 Å². The Morgan fingerprint density at radius 2 is 1.90 bits per heavy atom. The van der Waals surface area contributed by atoms with Crippen molar-refractivity contribution in [2.75, 3.05) is 20.7 Å². The van der Waals surface area contributed by atoms with Crippen LogP contribution in [0.25, 0.3) is 0 Å². The highest BCUT2D eigenvalue weighted by molar-refractivity contribution is 7.89. The van der Waals surface area contributed by atoms with Crippen molar-refractivity contribution in [1.29, 1.82) is 0 Å². The van der Waals surface area contributed by atoms with Crippen LogP contribution >= 0.6 is 0 Å². The number of nitrogens with zero attached hydrogens (tertiary/aromatic N) is 2. The molecule has 5 nitrogen and oxygen atoms in total. The molecule has 21 heavy (non-hydrogen) atoms. The fraction of sp³-hybridized carbons (Fsp3) is 0.267. The largest absolute Gasteiger partial charge is 0.497 e. The molecule has 0 saturated carbocycles. The molecule has 0 saturated heterocycles. The Labute approximate surface area is 125 Å². The van der Waals surface area contributed by atoms with Crippen LogP contribution in [0, 0.1) is 0 Å². The molecule has 2 rings (SSSR count). The van der Waals surface area contributed by atoms with Crippen LogP contribution in [0.15, 0.2) is 53.7 Å². The van der Waals surface area contributed by atoms with Crippen LogP contribution in [0.1, 0.15) is 5.56 Å². The first kappa shape index (κ1) is 15.5. The van der Waals surface area contributed by atoms with Crippen molar-refractivity contribution < 1.29 is 13.2 Å². The topological polar surface area (TPSA) is 59.5 Å². The molecular weight excluding hydrogens is 288 g/mol. The van der Waals surface area contributed by atoms with E-state index in [2.05, 4.69) is 4.98 Å². The van der Waals surface area contributed by atoms with Gasteiger partial charge in [-0.05, 0) is 36.2 Å². The van der Waals surface area contributed by atoms with Crippen molar-refractivity contribution in [3.8, 4) is 5.75 Å². The zero-order chi connectivity index (χ0) is 15.3. The van der Waals surface area contributed by atoms with E-state index in [-0.39, 0.29) is 4.90 Å². The van der Waals surface area contributed by atoms with Crippen molar-refractivity contribution >= 4 is 10.0 Å². The number of pyridine rings is 1. The van der Waals surface area contributed by atoms with Crippen molar-refractivity contribution in [2.45, 2.75) is 11.3 Å². The number of likely N-dealkylation sites (N-methyl/N-ethyl adjacent to an activating group) is 1. The molecular formula is C15H18N2O3S. The van der Waals surface area contributed by atoms with E-state index in [1.807, 2.05) is 12.1 Å². The second-order valence-corrected chi connectivity index (χ2v) is 6.66. The second-order valence-electron chi connectivity index (χ2n) is 4.61. The molecule has 0 aliphatic heterocycles. The van der Waals surface area contributed by atoms with Gasteiger partial charge in [0.05, 0.1) is 12.0 Å². The minimum atomic E-state index is -3.50. The van der Waals surface area contributed by atoms with E-state index < -0.39 is 10.0 Å². The molecule has 0 N–H and O–H groups in total. The van der Waals surface area contributed by atoms with Gasteiger partial charge in [-0.2, -0.15) is 0 Å². The van der Waals surface area contributed by atoms with Gasteiger partial charge in [-0.15, -0.1) is 0 Å². The lowest BCUT2D eigenvalue weighted by Crippen LogP contribution is -2.29. The highest BCUT2D eigenvalue weighted by Crippen LogP contribution is 2.20. The molecule has 0 atom stereocenters. The van der Waals surface area contributed by atoms with Gasteiger partial charge in [-0.25, -0.2) is 12.7 Å². The Morgan fingerprint density at radius 3 is 2.57 bits per heavy atom. The Bertz CT molecular complexity index is 687. The monoisotopic (exact) mass is 306 g/mol. The van der Waals surface area contributed by atoms with Crippen molar-refractivity contribution in [3.05, 3.63) is 54.4 Å². The van der Waals surface area contributed by atoms with Gasteiger partial charge in [0.25, 0.3) is 0 Å². The van der Waals surface area contributed by atoms with Gasteiger partial charge in [-0.1, -0.05) is 6.07 Å². The minimum Gasteiger partial charge on any atom is -0.497 e. The first-order valence-corrected chi connectivity index (χ1v) is 7.97. The summed E-state index contributed by atoms with van der Waals surface area (Å²) < 4.78 is 31.4. The quantitative estimate of drug-likeness (QED) is 0.818. The van der Waals surface area contributed by atoms with Crippen LogP contribution in [-0.2, 0) is 16.4 Å². The summed E-state index contributed by atoms with van der Waals surface area (Å²) in [6, 6.07) is 10.2. The summed E-state index contributed by atoms with van der Waals surface area (Å²) in [5, 5.41) is 0. The fourth-order valence-electron chi connectivity index (χ4n) is 1.90. The van der Waals surface area contributed by atoms with E-state index in [4.69, 9.17) is 4.74 Å². The van der Waals surface area contributed by atoms with Crippen LogP contribution in [0.5, 0.6) is 5.75 Å². The zero-order valence-corrected chi connectivity index (χ0v) is 12.9. The number of ether oxygens (including phenoxy) is 1. The molecule has 6 heteroatoms. The fourth-order valence-corrected chi connectivity index (χ4v) is 3.10. The standard InChI is InChI=1S/C15H18N2O3S/c1-17(11-8-13-6-9-16-10-7-13)21(18,19)15-5-3-4-14(12-15)20-2/h3-7,9-10,12H,8,11H2,1-2H3. The van der Waals surface area contributed by atoms with Crippen molar-refractivity contribution in [1.82, 2.24) is 9.29 Å². The third kappa shape index (κ3) is 3.80. The molecule has 1 aromatic heterocycles. The first-order valence-electron chi connectivity index (χ1n) is 6.53. The van der Waals surface area contributed by atoms with Gasteiger partial charge in [0.2, 0.25) is 10.0 Å². The summed E-state index contributed by atoms with van der Waals surface area (Å²) in [4.78, 5) is 4.18. The third-order valence-electron chi connectivity index (χ3n) is 3.21. The summed E-state index contributed by atoms with van der Waals surface area (Å²) in [6.45, 7) is 0.406. The number of benzene rings is 1. The second kappa shape index (κ2) is 6.69. The van der Waals surface area contributed by atoms with Crippen LogP contribution in [0.3, 0.4) is 0 Å². The Kier molecular flexibility index (Phi) is 4.93. The van der Waals surface area contributed by atoms with Gasteiger partial charge in [0.15, 0.2) is 0 Å². The van der Waals surface area contributed by atoms with Gasteiger partial charge >= 0.3 is 0 Å². The number of aromatic nitrogens is 1. The van der Waals surface area contributed by atoms with Gasteiger partial charge < -0.3 is 4.74 Å². The minimum absolute atomic E-state index is 0.235. The van der Waals surface area contributed by atoms with E-state index in [0.717, 1.165) is 5.56 Å². The smallest absolute Gasteiger partial charge is 0.242 e. The molecule has 0 aliphatic carbocycles. The van der Waals surface area contributed by atoms with Crippen molar-refractivity contribution in [2.24, 2.45) is 0 Å². The SMILES string of the molecule is COc1cccc(S(=O)(=O)N(C)CCc2ccncc2)c1. The molecule has 1 aromatic carbocycles. The normalized spacial score (nSPS) is 11.6. The predicted octanol–water partition coefficient (Wildman–Crippen LogP) is 1.95. The van der Waals surface area contributed by atoms with Gasteiger partial charge in [-0.3, -0.25) is 4.98 Å². The van der Waals surface area contributed by atoms with Crippen LogP contribution in [0.4, 0.5) is 0 Å². The zero-order valence-electron chi connectivity index (χ0n) is 12.1. The van der Waals surface area contributed by atoms with Gasteiger partial charge in [0, 0.05) is 32.1 Å². The van der Waals surface area contributed by atoms with E-state index in [1.165, 1.54) is 17.5 Å². The van der Waals surface area contributed by atoms with Crippen LogP contribution < -0.4 is 4.74 Å². The van der Waals surface area contributed by atoms with Crippen LogP contribution in [0.2, 0.25) is 0 Å². The van der Waals surface area contributed by atoms with Crippen LogP contribution in [-0.4, -0.2) is 38.4 Å². The summed E-state index contributed by atoms with van der Waals surface area (Å²) in [5.41, 5.74) is 1.05. The Balaban J connectivity index is 2.11. The summed E-state index contributed by atoms with van der Waals surface area (Å²) in [6.07, 6.45) is 4.04. The molecule has 0 spiro atoms. The Hall–Kier alpha value is -1.92. The lowest BCUT2D eigenvalue weighted by atomic mass is 10.2. The maximum atomic E-state index is 12.5. The highest BCUT2D eigenvalue weighted by atomic mass is 32.2. The molecule has 112 valence electrons. The maximum Gasteiger partial charge on any atom is 0.242 e. The maximum absolute atomic E-state index is 12.5. The highest BCUT2D eigenvalue weighted by Gasteiger charge is 2.20. The summed E-state index contributed by atoms with van der Waals surface area (Å²) in [5.74, 6) is 0.526. The number of hydrogen-bond donors (Lipinski definition) is 0. The average molecular weight is 306 g/mol. The number of rotatable bonds is 6. The first-order chi connectivity index (χ1) is 10.0.